The van der Waals surface area contributed by atoms with Crippen LogP contribution in [0.15, 0.2) is 18.2 Å². The number of anilines is 2. The lowest BCUT2D eigenvalue weighted by atomic mass is 9.99. The van der Waals surface area contributed by atoms with Crippen molar-refractivity contribution in [1.82, 2.24) is 0 Å². The van der Waals surface area contributed by atoms with Gasteiger partial charge in [0, 0.05) is 19.6 Å². The number of fused-ring (bicyclic) bond motifs is 1. The Morgan fingerprint density at radius 2 is 2.25 bits per heavy atom. The average molecular weight is 215 g/mol. The second-order valence-corrected chi connectivity index (χ2v) is 4.72. The molecular formula is C13H17N3. The highest BCUT2D eigenvalue weighted by molar-refractivity contribution is 5.74. The van der Waals surface area contributed by atoms with Crippen LogP contribution in [-0.4, -0.2) is 19.6 Å². The fraction of sp³-hybridized carbons (Fsp3) is 0.462. The molecule has 0 spiro atoms. The van der Waals surface area contributed by atoms with Crippen molar-refractivity contribution in [2.24, 2.45) is 5.92 Å². The van der Waals surface area contributed by atoms with Crippen LogP contribution in [-0.2, 0) is 0 Å². The van der Waals surface area contributed by atoms with Gasteiger partial charge in [0.05, 0.1) is 23.0 Å². The number of rotatable bonds is 1. The molecule has 0 aliphatic carbocycles. The van der Waals surface area contributed by atoms with Crippen molar-refractivity contribution in [1.29, 1.82) is 5.26 Å². The van der Waals surface area contributed by atoms with Crippen LogP contribution in [0.5, 0.6) is 0 Å². The molecule has 1 N–H and O–H groups in total. The quantitative estimate of drug-likeness (QED) is 0.782. The van der Waals surface area contributed by atoms with Crippen LogP contribution in [0.2, 0.25) is 0 Å². The van der Waals surface area contributed by atoms with E-state index in [2.05, 4.69) is 37.2 Å². The van der Waals surface area contributed by atoms with Gasteiger partial charge in [-0.3, -0.25) is 0 Å². The van der Waals surface area contributed by atoms with Gasteiger partial charge < -0.3 is 10.2 Å². The lowest BCUT2D eigenvalue weighted by Crippen LogP contribution is -2.42. The molecular weight excluding hydrogens is 198 g/mol. The maximum absolute atomic E-state index is 8.88. The molecule has 3 nitrogen and oxygen atoms in total. The summed E-state index contributed by atoms with van der Waals surface area (Å²) in [5.41, 5.74) is 2.97. The molecule has 0 aromatic heterocycles. The SMILES string of the molecule is CC(C)C1CN(C)c2cc(C#N)ccc2N1. The van der Waals surface area contributed by atoms with Crippen LogP contribution in [0.4, 0.5) is 11.4 Å². The van der Waals surface area contributed by atoms with Gasteiger partial charge in [0.1, 0.15) is 0 Å². The van der Waals surface area contributed by atoms with Gasteiger partial charge in [-0.2, -0.15) is 5.26 Å². The largest absolute Gasteiger partial charge is 0.379 e. The summed E-state index contributed by atoms with van der Waals surface area (Å²) in [7, 11) is 2.08. The minimum atomic E-state index is 0.477. The number of hydrogen-bond acceptors (Lipinski definition) is 3. The van der Waals surface area contributed by atoms with Crippen LogP contribution in [0.1, 0.15) is 19.4 Å². The first-order valence-corrected chi connectivity index (χ1v) is 5.63. The zero-order chi connectivity index (χ0) is 11.7. The summed E-state index contributed by atoms with van der Waals surface area (Å²) < 4.78 is 0. The third-order valence-corrected chi connectivity index (χ3v) is 3.15. The van der Waals surface area contributed by atoms with Crippen LogP contribution in [0.25, 0.3) is 0 Å². The number of hydrogen-bond donors (Lipinski definition) is 1. The van der Waals surface area contributed by atoms with Crippen molar-refractivity contribution in [2.75, 3.05) is 23.8 Å². The van der Waals surface area contributed by atoms with Crippen molar-refractivity contribution in [3.63, 3.8) is 0 Å². The van der Waals surface area contributed by atoms with Crippen molar-refractivity contribution in [3.8, 4) is 6.07 Å². The van der Waals surface area contributed by atoms with E-state index in [9.17, 15) is 0 Å². The van der Waals surface area contributed by atoms with Gasteiger partial charge in [-0.05, 0) is 24.1 Å². The number of nitrogens with zero attached hydrogens (tertiary/aromatic N) is 2. The maximum atomic E-state index is 8.88. The third-order valence-electron chi connectivity index (χ3n) is 3.15. The molecule has 1 aliphatic rings. The van der Waals surface area contributed by atoms with Gasteiger partial charge in [0.2, 0.25) is 0 Å². The average Bonchev–Trinajstić information content (AvgIpc) is 2.28. The second-order valence-electron chi connectivity index (χ2n) is 4.72. The molecule has 1 aliphatic heterocycles. The molecule has 0 amide bonds. The highest BCUT2D eigenvalue weighted by Gasteiger charge is 2.23. The van der Waals surface area contributed by atoms with Crippen LogP contribution in [0.3, 0.4) is 0 Å². The molecule has 0 fully saturated rings. The van der Waals surface area contributed by atoms with Gasteiger partial charge in [0.15, 0.2) is 0 Å². The molecule has 0 radical (unpaired) electrons. The van der Waals surface area contributed by atoms with E-state index in [4.69, 9.17) is 5.26 Å². The number of nitriles is 1. The van der Waals surface area contributed by atoms with Crippen LogP contribution < -0.4 is 10.2 Å². The lowest BCUT2D eigenvalue weighted by Gasteiger charge is -2.36. The topological polar surface area (TPSA) is 39.1 Å². The first kappa shape index (κ1) is 10.8. The maximum Gasteiger partial charge on any atom is 0.0992 e. The predicted molar refractivity (Wildman–Crippen MR) is 66.7 cm³/mol. The van der Waals surface area contributed by atoms with E-state index in [1.54, 1.807) is 0 Å². The Labute approximate surface area is 96.7 Å². The zero-order valence-corrected chi connectivity index (χ0v) is 9.99. The van der Waals surface area contributed by atoms with Crippen molar-refractivity contribution < 1.29 is 0 Å². The van der Waals surface area contributed by atoms with Crippen LogP contribution >= 0.6 is 0 Å². The highest BCUT2D eigenvalue weighted by atomic mass is 15.2. The standard InChI is InChI=1S/C13H17N3/c1-9(2)12-8-16(3)13-6-10(7-14)4-5-11(13)15-12/h4-6,9,12,15H,8H2,1-3H3. The molecule has 0 saturated carbocycles. The van der Waals surface area contributed by atoms with E-state index in [-0.39, 0.29) is 0 Å². The Kier molecular flexibility index (Phi) is 2.74. The Morgan fingerprint density at radius 1 is 1.50 bits per heavy atom. The molecule has 2 rings (SSSR count). The van der Waals surface area contributed by atoms with E-state index in [0.29, 0.717) is 12.0 Å². The summed E-state index contributed by atoms with van der Waals surface area (Å²) in [6.07, 6.45) is 0. The van der Waals surface area contributed by atoms with Gasteiger partial charge in [-0.25, -0.2) is 0 Å². The number of nitrogens with one attached hydrogen (secondary N) is 1. The summed E-state index contributed by atoms with van der Waals surface area (Å²) >= 11 is 0. The monoisotopic (exact) mass is 215 g/mol. The molecule has 1 heterocycles. The van der Waals surface area contributed by atoms with Gasteiger partial charge in [0.25, 0.3) is 0 Å². The third kappa shape index (κ3) is 1.83. The Morgan fingerprint density at radius 3 is 2.88 bits per heavy atom. The Hall–Kier alpha value is -1.69. The van der Waals surface area contributed by atoms with Crippen molar-refractivity contribution >= 4 is 11.4 Å². The first-order chi connectivity index (χ1) is 7.61. The molecule has 1 aromatic rings. The smallest absolute Gasteiger partial charge is 0.0992 e. The zero-order valence-electron chi connectivity index (χ0n) is 9.99. The van der Waals surface area contributed by atoms with E-state index in [1.165, 1.54) is 0 Å². The van der Waals surface area contributed by atoms with E-state index >= 15 is 0 Å². The fourth-order valence-corrected chi connectivity index (χ4v) is 2.06. The number of benzene rings is 1. The van der Waals surface area contributed by atoms with Crippen molar-refractivity contribution in [3.05, 3.63) is 23.8 Å². The minimum absolute atomic E-state index is 0.477. The highest BCUT2D eigenvalue weighted by Crippen LogP contribution is 2.32. The van der Waals surface area contributed by atoms with E-state index in [1.807, 2.05) is 18.2 Å². The Bertz CT molecular complexity index is 431. The summed E-state index contributed by atoms with van der Waals surface area (Å²) in [6, 6.07) is 8.46. The van der Waals surface area contributed by atoms with E-state index < -0.39 is 0 Å². The normalized spacial score (nSPS) is 18.9. The molecule has 1 aromatic carbocycles. The molecule has 0 saturated heterocycles. The lowest BCUT2D eigenvalue weighted by molar-refractivity contribution is 0.514. The summed E-state index contributed by atoms with van der Waals surface area (Å²) in [4.78, 5) is 2.22. The molecule has 3 heteroatoms. The van der Waals surface area contributed by atoms with Crippen LogP contribution in [0, 0.1) is 17.2 Å². The summed E-state index contributed by atoms with van der Waals surface area (Å²) in [6.45, 7) is 5.43. The molecule has 1 unspecified atom stereocenters. The second kappa shape index (κ2) is 4.05. The van der Waals surface area contributed by atoms with E-state index in [0.717, 1.165) is 23.5 Å². The van der Waals surface area contributed by atoms with Gasteiger partial charge in [-0.15, -0.1) is 0 Å². The molecule has 84 valence electrons. The van der Waals surface area contributed by atoms with Gasteiger partial charge >= 0.3 is 0 Å². The first-order valence-electron chi connectivity index (χ1n) is 5.63. The molecule has 1 atom stereocenters. The van der Waals surface area contributed by atoms with Crippen molar-refractivity contribution in [2.45, 2.75) is 19.9 Å². The fourth-order valence-electron chi connectivity index (χ4n) is 2.06. The minimum Gasteiger partial charge on any atom is -0.379 e. The summed E-state index contributed by atoms with van der Waals surface area (Å²) in [5, 5.41) is 12.4. The Balaban J connectivity index is 2.35. The van der Waals surface area contributed by atoms with Gasteiger partial charge in [-0.1, -0.05) is 13.8 Å². The predicted octanol–water partition coefficient (Wildman–Crippen LogP) is 2.44. The molecule has 0 bridgehead atoms. The molecule has 16 heavy (non-hydrogen) atoms. The number of likely N-dealkylation sites (N-methyl/N-ethyl adjacent to an activating group) is 1. The summed E-state index contributed by atoms with van der Waals surface area (Å²) in [5.74, 6) is 0.603.